The van der Waals surface area contributed by atoms with Crippen LogP contribution in [0.1, 0.15) is 23.1 Å². The number of amides is 1. The topological polar surface area (TPSA) is 119 Å². The van der Waals surface area contributed by atoms with E-state index in [0.717, 1.165) is 16.5 Å². The first kappa shape index (κ1) is 24.9. The summed E-state index contributed by atoms with van der Waals surface area (Å²) in [5.41, 5.74) is 4.99. The Kier molecular flexibility index (Phi) is 6.96. The van der Waals surface area contributed by atoms with Crippen molar-refractivity contribution in [3.05, 3.63) is 95.0 Å². The van der Waals surface area contributed by atoms with E-state index in [2.05, 4.69) is 15.8 Å². The van der Waals surface area contributed by atoms with E-state index in [9.17, 15) is 18.4 Å². The van der Waals surface area contributed by atoms with E-state index in [1.807, 2.05) is 37.3 Å². The summed E-state index contributed by atoms with van der Waals surface area (Å²) in [5.74, 6) is -0.197. The molecule has 1 atom stereocenters. The number of fused-ring (bicyclic) bond motifs is 2. The Bertz CT molecular complexity index is 1550. The smallest absolute Gasteiger partial charge is 0.241 e. The number of carbonyl (C=O) groups excluding carboxylic acids is 1. The molecule has 192 valence electrons. The fourth-order valence-electron chi connectivity index (χ4n) is 4.91. The highest BCUT2D eigenvalue weighted by Gasteiger charge is 2.32. The lowest BCUT2D eigenvalue weighted by Crippen LogP contribution is -2.50. The van der Waals surface area contributed by atoms with Crippen molar-refractivity contribution in [2.75, 3.05) is 12.0 Å². The second-order valence-electron chi connectivity index (χ2n) is 9.21. The van der Waals surface area contributed by atoms with Gasteiger partial charge in [-0.2, -0.15) is 4.72 Å². The van der Waals surface area contributed by atoms with Crippen molar-refractivity contribution < 1.29 is 13.2 Å². The molecule has 10 heteroatoms. The van der Waals surface area contributed by atoms with Gasteiger partial charge in [0.05, 0.1) is 4.90 Å². The summed E-state index contributed by atoms with van der Waals surface area (Å²) >= 11 is 0. The number of nitrogens with one attached hydrogen (secondary N) is 2. The Labute approximate surface area is 215 Å². The van der Waals surface area contributed by atoms with Gasteiger partial charge in [-0.3, -0.25) is 4.79 Å². The van der Waals surface area contributed by atoms with Crippen molar-refractivity contribution in [2.45, 2.75) is 43.8 Å². The van der Waals surface area contributed by atoms with E-state index in [1.54, 1.807) is 45.4 Å². The molecule has 0 spiro atoms. The van der Waals surface area contributed by atoms with Crippen LogP contribution in [0.25, 0.3) is 10.8 Å². The van der Waals surface area contributed by atoms with Gasteiger partial charge in [0.25, 0.3) is 0 Å². The highest BCUT2D eigenvalue weighted by atomic mass is 32.2. The predicted octanol–water partition coefficient (Wildman–Crippen LogP) is 3.58. The van der Waals surface area contributed by atoms with Gasteiger partial charge in [-0.05, 0) is 47.9 Å². The van der Waals surface area contributed by atoms with E-state index in [0.29, 0.717) is 24.9 Å². The average molecular weight is 519 g/mol. The van der Waals surface area contributed by atoms with Gasteiger partial charge in [-0.15, -0.1) is 0 Å². The van der Waals surface area contributed by atoms with Gasteiger partial charge in [0.1, 0.15) is 6.04 Å². The summed E-state index contributed by atoms with van der Waals surface area (Å²) < 4.78 is 31.6. The fraction of sp³-hybridized carbons (Fsp3) is 0.259. The minimum Gasteiger partial charge on any atom is -0.759 e. The van der Waals surface area contributed by atoms with Gasteiger partial charge in [0.2, 0.25) is 15.9 Å². The third-order valence-electron chi connectivity index (χ3n) is 6.89. The average Bonchev–Trinajstić information content (AvgIpc) is 3.38. The van der Waals surface area contributed by atoms with Crippen molar-refractivity contribution in [2.24, 2.45) is 0 Å². The van der Waals surface area contributed by atoms with Crippen LogP contribution in [0, 0.1) is 12.1 Å². The van der Waals surface area contributed by atoms with Gasteiger partial charge < -0.3 is 20.2 Å². The van der Waals surface area contributed by atoms with Crippen LogP contribution in [-0.4, -0.2) is 41.4 Å². The first-order chi connectivity index (χ1) is 17.9. The van der Waals surface area contributed by atoms with E-state index in [4.69, 9.17) is 0 Å². The minimum absolute atomic E-state index is 0.102. The largest absolute Gasteiger partial charge is 0.759 e. The SMILES string of the molecule is Cc1ccc(S(=O)(=O)NC(CCn2ccnc2N[O-])C(=O)N2CCc3ccccc3C2)c2ccccc12. The van der Waals surface area contributed by atoms with Crippen LogP contribution < -0.4 is 10.2 Å². The van der Waals surface area contributed by atoms with Gasteiger partial charge in [0, 0.05) is 37.4 Å². The lowest BCUT2D eigenvalue weighted by Gasteiger charge is -2.32. The number of sulfonamides is 1. The second kappa shape index (κ2) is 10.3. The number of hydrogen-bond donors (Lipinski definition) is 2. The number of anilines is 1. The Balaban J connectivity index is 1.45. The van der Waals surface area contributed by atoms with E-state index in [1.165, 1.54) is 11.8 Å². The molecule has 1 aliphatic heterocycles. The lowest BCUT2D eigenvalue weighted by molar-refractivity contribution is -0.134. The Morgan fingerprint density at radius 1 is 1.05 bits per heavy atom. The number of aromatic nitrogens is 2. The zero-order valence-electron chi connectivity index (χ0n) is 20.4. The predicted molar refractivity (Wildman–Crippen MR) is 142 cm³/mol. The highest BCUT2D eigenvalue weighted by Crippen LogP contribution is 2.27. The maximum atomic E-state index is 13.7. The van der Waals surface area contributed by atoms with Gasteiger partial charge >= 0.3 is 0 Å². The zero-order valence-corrected chi connectivity index (χ0v) is 21.2. The molecular weight excluding hydrogens is 490 g/mol. The molecule has 0 aliphatic carbocycles. The summed E-state index contributed by atoms with van der Waals surface area (Å²) in [6.45, 7) is 3.07. The first-order valence-corrected chi connectivity index (χ1v) is 13.6. The van der Waals surface area contributed by atoms with E-state index >= 15 is 0 Å². The van der Waals surface area contributed by atoms with Crippen LogP contribution in [0.4, 0.5) is 5.95 Å². The quantitative estimate of drug-likeness (QED) is 0.344. The Morgan fingerprint density at radius 3 is 2.57 bits per heavy atom. The molecule has 0 saturated heterocycles. The summed E-state index contributed by atoms with van der Waals surface area (Å²) in [4.78, 5) is 19.5. The van der Waals surface area contributed by atoms with Gasteiger partial charge in [0.15, 0.2) is 5.95 Å². The molecule has 37 heavy (non-hydrogen) atoms. The molecule has 0 fully saturated rings. The molecule has 1 unspecified atom stereocenters. The standard InChI is InChI=1S/C27H28N5O4S/c1-19-10-11-25(23-9-5-4-8-22(19)23)37(35,36)30-24(13-16-31-17-14-28-27(31)29-34)26(33)32-15-12-20-6-2-3-7-21(20)18-32/h2-11,14,17,24,30H,12-13,15-16,18H2,1H3,(H-,28,29,34)/q-1. The van der Waals surface area contributed by atoms with Crippen LogP contribution in [0.15, 0.2) is 78.0 Å². The molecule has 1 amide bonds. The Hall–Kier alpha value is -3.73. The summed E-state index contributed by atoms with van der Waals surface area (Å²) in [5, 5.41) is 12.6. The fourth-order valence-corrected chi connectivity index (χ4v) is 6.34. The molecule has 0 saturated carbocycles. The summed E-state index contributed by atoms with van der Waals surface area (Å²) in [7, 11) is -4.05. The summed E-state index contributed by atoms with van der Waals surface area (Å²) in [6.07, 6.45) is 3.93. The minimum atomic E-state index is -4.05. The van der Waals surface area contributed by atoms with Crippen LogP contribution in [0.3, 0.4) is 0 Å². The maximum absolute atomic E-state index is 13.7. The normalized spacial score (nSPS) is 14.4. The van der Waals surface area contributed by atoms with Gasteiger partial charge in [-0.25, -0.2) is 13.4 Å². The molecular formula is C27H28N5O4S-. The monoisotopic (exact) mass is 518 g/mol. The molecule has 5 rings (SSSR count). The molecule has 2 heterocycles. The van der Waals surface area contributed by atoms with Crippen molar-refractivity contribution in [3.8, 4) is 0 Å². The highest BCUT2D eigenvalue weighted by molar-refractivity contribution is 7.89. The molecule has 9 nitrogen and oxygen atoms in total. The van der Waals surface area contributed by atoms with Gasteiger partial charge in [-0.1, -0.05) is 54.6 Å². The molecule has 1 aromatic heterocycles. The number of nitrogens with zero attached hydrogens (tertiary/aromatic N) is 3. The molecule has 3 aromatic carbocycles. The summed E-state index contributed by atoms with van der Waals surface area (Å²) in [6, 6.07) is 17.6. The molecule has 4 aromatic rings. The first-order valence-electron chi connectivity index (χ1n) is 12.1. The number of carbonyl (C=O) groups is 1. The molecule has 1 aliphatic rings. The Morgan fingerprint density at radius 2 is 1.78 bits per heavy atom. The van der Waals surface area contributed by atoms with Crippen LogP contribution >= 0.6 is 0 Å². The van der Waals surface area contributed by atoms with E-state index < -0.39 is 16.1 Å². The van der Waals surface area contributed by atoms with Crippen LogP contribution in [-0.2, 0) is 34.3 Å². The maximum Gasteiger partial charge on any atom is 0.241 e. The molecule has 0 bridgehead atoms. The number of imidazole rings is 1. The lowest BCUT2D eigenvalue weighted by atomic mass is 9.99. The number of rotatable bonds is 8. The van der Waals surface area contributed by atoms with Crippen molar-refractivity contribution >= 4 is 32.7 Å². The number of aryl methyl sites for hydroxylation is 2. The third kappa shape index (κ3) is 5.08. The van der Waals surface area contributed by atoms with Crippen molar-refractivity contribution in [1.82, 2.24) is 19.2 Å². The van der Waals surface area contributed by atoms with Crippen LogP contribution in [0.5, 0.6) is 0 Å². The zero-order chi connectivity index (χ0) is 26.0. The van der Waals surface area contributed by atoms with Crippen molar-refractivity contribution in [1.29, 1.82) is 0 Å². The van der Waals surface area contributed by atoms with Crippen LogP contribution in [0.2, 0.25) is 0 Å². The molecule has 0 radical (unpaired) electrons. The third-order valence-corrected chi connectivity index (χ3v) is 8.42. The second-order valence-corrected chi connectivity index (χ2v) is 10.9. The molecule has 2 N–H and O–H groups in total. The van der Waals surface area contributed by atoms with E-state index in [-0.39, 0.29) is 29.7 Å². The number of benzene rings is 3. The van der Waals surface area contributed by atoms with Crippen molar-refractivity contribution in [3.63, 3.8) is 0 Å². The number of hydrogen-bond acceptors (Lipinski definition) is 6.